The SMILES string of the molecule is COc1ccc([N+](=O)[O-])cc1OCC1=C(c2ccc(OC(=O)c3cccnc3)cc2OC)C(O)C(C)(C)CC1(C)O. The van der Waals surface area contributed by atoms with Crippen molar-refractivity contribution in [3.05, 3.63) is 87.7 Å². The number of aliphatic hydroxyl groups excluding tert-OH is 1. The molecular weight excluding hydrogens is 532 g/mol. The zero-order valence-corrected chi connectivity index (χ0v) is 23.4. The fourth-order valence-corrected chi connectivity index (χ4v) is 5.13. The van der Waals surface area contributed by atoms with Gasteiger partial charge in [-0.3, -0.25) is 15.1 Å². The first-order valence-corrected chi connectivity index (χ1v) is 12.8. The lowest BCUT2D eigenvalue weighted by Gasteiger charge is -2.46. The normalized spacial score (nSPS) is 19.8. The van der Waals surface area contributed by atoms with Crippen LogP contribution in [0.3, 0.4) is 0 Å². The van der Waals surface area contributed by atoms with E-state index in [0.29, 0.717) is 16.7 Å². The van der Waals surface area contributed by atoms with Crippen molar-refractivity contribution in [2.45, 2.75) is 38.9 Å². The molecule has 2 aromatic carbocycles. The van der Waals surface area contributed by atoms with Crippen LogP contribution in [0.5, 0.6) is 23.0 Å². The summed E-state index contributed by atoms with van der Waals surface area (Å²) in [7, 11) is 2.85. The first-order valence-electron chi connectivity index (χ1n) is 12.8. The van der Waals surface area contributed by atoms with Gasteiger partial charge in [-0.25, -0.2) is 4.79 Å². The third-order valence-corrected chi connectivity index (χ3v) is 7.09. The fourth-order valence-electron chi connectivity index (χ4n) is 5.13. The molecule has 0 saturated heterocycles. The van der Waals surface area contributed by atoms with E-state index < -0.39 is 28.0 Å². The molecule has 0 spiro atoms. The van der Waals surface area contributed by atoms with Crippen LogP contribution in [0.4, 0.5) is 5.69 Å². The van der Waals surface area contributed by atoms with Gasteiger partial charge >= 0.3 is 5.97 Å². The predicted molar refractivity (Wildman–Crippen MR) is 149 cm³/mol. The van der Waals surface area contributed by atoms with E-state index in [-0.39, 0.29) is 47.3 Å². The highest BCUT2D eigenvalue weighted by Gasteiger charge is 2.47. The summed E-state index contributed by atoms with van der Waals surface area (Å²) in [6.45, 7) is 5.09. The molecule has 1 heterocycles. The molecule has 0 saturated carbocycles. The highest BCUT2D eigenvalue weighted by Crippen LogP contribution is 2.50. The minimum atomic E-state index is -1.43. The van der Waals surface area contributed by atoms with E-state index in [4.69, 9.17) is 18.9 Å². The van der Waals surface area contributed by atoms with Gasteiger partial charge in [-0.1, -0.05) is 13.8 Å². The maximum atomic E-state index is 12.6. The van der Waals surface area contributed by atoms with E-state index in [1.807, 2.05) is 13.8 Å². The third kappa shape index (κ3) is 6.16. The Labute approximate surface area is 237 Å². The second-order valence-electron chi connectivity index (χ2n) is 10.6. The number of aromatic nitrogens is 1. The zero-order chi connectivity index (χ0) is 29.9. The molecule has 1 aliphatic carbocycles. The van der Waals surface area contributed by atoms with Gasteiger partial charge in [-0.05, 0) is 54.7 Å². The number of aliphatic hydroxyl groups is 2. The number of nitrogens with zero attached hydrogens (tertiary/aromatic N) is 2. The summed E-state index contributed by atoms with van der Waals surface area (Å²) in [6, 6.07) is 11.9. The summed E-state index contributed by atoms with van der Waals surface area (Å²) < 4.78 is 22.4. The molecule has 0 bridgehead atoms. The minimum Gasteiger partial charge on any atom is -0.496 e. The highest BCUT2D eigenvalue weighted by atomic mass is 16.6. The summed E-state index contributed by atoms with van der Waals surface area (Å²) in [4.78, 5) is 27.3. The van der Waals surface area contributed by atoms with Crippen molar-refractivity contribution >= 4 is 17.2 Å². The van der Waals surface area contributed by atoms with Crippen LogP contribution in [-0.4, -0.2) is 58.6 Å². The number of nitro groups is 1. The lowest BCUT2D eigenvalue weighted by Crippen LogP contribution is -2.47. The number of nitro benzene ring substituents is 1. The summed E-state index contributed by atoms with van der Waals surface area (Å²) in [5.41, 5.74) is -0.906. The molecule has 0 fully saturated rings. The van der Waals surface area contributed by atoms with E-state index in [1.165, 1.54) is 44.7 Å². The Morgan fingerprint density at radius 3 is 2.44 bits per heavy atom. The molecule has 216 valence electrons. The molecule has 0 radical (unpaired) electrons. The van der Waals surface area contributed by atoms with E-state index in [1.54, 1.807) is 37.4 Å². The second kappa shape index (κ2) is 11.6. The number of ether oxygens (including phenoxy) is 4. The molecule has 4 rings (SSSR count). The molecule has 0 aliphatic heterocycles. The molecule has 2 atom stereocenters. The van der Waals surface area contributed by atoms with Gasteiger partial charge in [-0.15, -0.1) is 0 Å². The maximum Gasteiger partial charge on any atom is 0.345 e. The monoisotopic (exact) mass is 564 g/mol. The Morgan fingerprint density at radius 2 is 1.80 bits per heavy atom. The van der Waals surface area contributed by atoms with Crippen LogP contribution in [0, 0.1) is 15.5 Å². The van der Waals surface area contributed by atoms with Gasteiger partial charge < -0.3 is 29.2 Å². The number of non-ortho nitro benzene ring substituents is 1. The van der Waals surface area contributed by atoms with Crippen LogP contribution in [0.2, 0.25) is 0 Å². The van der Waals surface area contributed by atoms with E-state index in [9.17, 15) is 25.1 Å². The number of rotatable bonds is 9. The molecule has 3 aromatic rings. The van der Waals surface area contributed by atoms with Crippen LogP contribution in [0.15, 0.2) is 66.5 Å². The predicted octanol–water partition coefficient (Wildman–Crippen LogP) is 4.60. The van der Waals surface area contributed by atoms with Crippen molar-refractivity contribution in [2.75, 3.05) is 20.8 Å². The van der Waals surface area contributed by atoms with Crippen molar-refractivity contribution < 1.29 is 38.9 Å². The van der Waals surface area contributed by atoms with Gasteiger partial charge in [0, 0.05) is 35.7 Å². The summed E-state index contributed by atoms with van der Waals surface area (Å²) in [5, 5.41) is 34.5. The van der Waals surface area contributed by atoms with Crippen LogP contribution in [0.25, 0.3) is 5.57 Å². The Hall–Kier alpha value is -4.48. The molecule has 11 heteroatoms. The van der Waals surface area contributed by atoms with Crippen molar-refractivity contribution in [3.8, 4) is 23.0 Å². The van der Waals surface area contributed by atoms with E-state index in [2.05, 4.69) is 4.98 Å². The van der Waals surface area contributed by atoms with Crippen molar-refractivity contribution in [1.82, 2.24) is 4.98 Å². The summed E-state index contributed by atoms with van der Waals surface area (Å²) in [6.07, 6.45) is 2.10. The van der Waals surface area contributed by atoms with Crippen molar-refractivity contribution in [3.63, 3.8) is 0 Å². The van der Waals surface area contributed by atoms with Crippen LogP contribution in [-0.2, 0) is 0 Å². The Kier molecular flexibility index (Phi) is 8.32. The molecular formula is C30H32N2O9. The molecule has 2 unspecified atom stereocenters. The van der Waals surface area contributed by atoms with Gasteiger partial charge in [0.15, 0.2) is 11.5 Å². The van der Waals surface area contributed by atoms with Gasteiger partial charge in [0.1, 0.15) is 18.1 Å². The van der Waals surface area contributed by atoms with E-state index in [0.717, 1.165) is 0 Å². The topological polar surface area (TPSA) is 150 Å². The number of hydrogen-bond acceptors (Lipinski definition) is 10. The van der Waals surface area contributed by atoms with Crippen molar-refractivity contribution in [2.24, 2.45) is 5.41 Å². The van der Waals surface area contributed by atoms with Crippen molar-refractivity contribution in [1.29, 1.82) is 0 Å². The second-order valence-corrected chi connectivity index (χ2v) is 10.6. The maximum absolute atomic E-state index is 12.6. The summed E-state index contributed by atoms with van der Waals surface area (Å²) in [5.74, 6) is 0.263. The standard InChI is InChI=1S/C30H32N2O9/c1-29(2)17-30(3,35)22(16-40-25-13-19(32(36)37)8-11-23(25)38-4)26(27(29)33)21-10-9-20(14-24(21)39-5)41-28(34)18-7-6-12-31-15-18/h6-15,27,33,35H,16-17H2,1-5H3. The molecule has 11 nitrogen and oxygen atoms in total. The molecule has 2 N–H and O–H groups in total. The molecule has 41 heavy (non-hydrogen) atoms. The van der Waals surface area contributed by atoms with Gasteiger partial charge in [0.2, 0.25) is 0 Å². The number of esters is 1. The number of carbonyl (C=O) groups is 1. The van der Waals surface area contributed by atoms with E-state index >= 15 is 0 Å². The molecule has 1 aromatic heterocycles. The lowest BCUT2D eigenvalue weighted by atomic mass is 9.64. The number of pyridine rings is 1. The largest absolute Gasteiger partial charge is 0.496 e. The van der Waals surface area contributed by atoms with Gasteiger partial charge in [0.25, 0.3) is 5.69 Å². The smallest absolute Gasteiger partial charge is 0.345 e. The average molecular weight is 565 g/mol. The third-order valence-electron chi connectivity index (χ3n) is 7.09. The molecule has 1 aliphatic rings. The molecule has 0 amide bonds. The number of carbonyl (C=O) groups excluding carboxylic acids is 1. The highest BCUT2D eigenvalue weighted by molar-refractivity contribution is 5.91. The van der Waals surface area contributed by atoms with Crippen LogP contribution in [0.1, 0.15) is 43.1 Å². The van der Waals surface area contributed by atoms with Crippen LogP contribution >= 0.6 is 0 Å². The zero-order valence-electron chi connectivity index (χ0n) is 23.4. The number of methoxy groups -OCH3 is 2. The Bertz CT molecular complexity index is 1480. The number of benzene rings is 2. The quantitative estimate of drug-likeness (QED) is 0.163. The number of hydrogen-bond donors (Lipinski definition) is 2. The van der Waals surface area contributed by atoms with Gasteiger partial charge in [-0.2, -0.15) is 0 Å². The fraction of sp³-hybridized carbons (Fsp3) is 0.333. The Balaban J connectivity index is 1.77. The Morgan fingerprint density at radius 1 is 1.07 bits per heavy atom. The lowest BCUT2D eigenvalue weighted by molar-refractivity contribution is -0.385. The summed E-state index contributed by atoms with van der Waals surface area (Å²) >= 11 is 0. The van der Waals surface area contributed by atoms with Gasteiger partial charge in [0.05, 0.1) is 42.5 Å². The van der Waals surface area contributed by atoms with Crippen LogP contribution < -0.4 is 18.9 Å². The minimum absolute atomic E-state index is 0.105. The first-order chi connectivity index (χ1) is 19.4. The average Bonchev–Trinajstić information content (AvgIpc) is 2.94. The first kappa shape index (κ1) is 29.5.